The Balaban J connectivity index is 1.31. The highest BCUT2D eigenvalue weighted by Crippen LogP contribution is 2.39. The van der Waals surface area contributed by atoms with Gasteiger partial charge >= 0.3 is 5.97 Å². The van der Waals surface area contributed by atoms with Crippen LogP contribution in [0.15, 0.2) is 41.6 Å². The van der Waals surface area contributed by atoms with Crippen LogP contribution >= 0.6 is 23.1 Å². The Bertz CT molecular complexity index is 1330. The lowest BCUT2D eigenvalue weighted by molar-refractivity contribution is -0.113. The van der Waals surface area contributed by atoms with E-state index in [-0.39, 0.29) is 17.6 Å². The molecule has 4 aromatic rings. The van der Waals surface area contributed by atoms with Crippen molar-refractivity contribution in [3.05, 3.63) is 52.5 Å². The summed E-state index contributed by atoms with van der Waals surface area (Å²) >= 11 is 2.76. The van der Waals surface area contributed by atoms with Crippen LogP contribution in [-0.2, 0) is 22.4 Å². The van der Waals surface area contributed by atoms with E-state index >= 15 is 0 Å². The number of aromatic nitrogens is 5. The van der Waals surface area contributed by atoms with E-state index in [2.05, 4.69) is 25.6 Å². The Labute approximate surface area is 197 Å². The van der Waals surface area contributed by atoms with Gasteiger partial charge in [-0.1, -0.05) is 17.8 Å². The van der Waals surface area contributed by atoms with Crippen LogP contribution in [0.4, 0.5) is 5.00 Å². The third kappa shape index (κ3) is 4.33. The molecule has 1 N–H and O–H groups in total. The van der Waals surface area contributed by atoms with Crippen molar-refractivity contribution in [1.82, 2.24) is 24.8 Å². The first kappa shape index (κ1) is 21.5. The first-order valence-electron chi connectivity index (χ1n) is 10.5. The number of pyridine rings is 1. The summed E-state index contributed by atoms with van der Waals surface area (Å²) in [6.07, 6.45) is 4.48. The summed E-state index contributed by atoms with van der Waals surface area (Å²) in [7, 11) is 0. The molecule has 11 heteroatoms. The Hall–Kier alpha value is -3.31. The monoisotopic (exact) mass is 480 g/mol. The zero-order valence-electron chi connectivity index (χ0n) is 17.8. The quantitative estimate of drug-likeness (QED) is 0.315. The molecule has 1 aliphatic rings. The van der Waals surface area contributed by atoms with Crippen LogP contribution in [0.25, 0.3) is 17.2 Å². The van der Waals surface area contributed by atoms with Gasteiger partial charge in [0.2, 0.25) is 11.7 Å². The van der Waals surface area contributed by atoms with Gasteiger partial charge in [-0.15, -0.1) is 21.5 Å². The van der Waals surface area contributed by atoms with Crippen molar-refractivity contribution in [2.24, 2.45) is 0 Å². The summed E-state index contributed by atoms with van der Waals surface area (Å²) in [4.78, 5) is 30.7. The normalized spacial score (nSPS) is 12.6. The molecule has 0 aromatic carbocycles. The maximum atomic E-state index is 12.7. The molecule has 0 saturated heterocycles. The zero-order valence-corrected chi connectivity index (χ0v) is 19.4. The number of anilines is 1. The molecule has 5 rings (SSSR count). The van der Waals surface area contributed by atoms with Crippen LogP contribution < -0.4 is 5.32 Å². The van der Waals surface area contributed by atoms with Gasteiger partial charge in [-0.05, 0) is 56.0 Å². The highest BCUT2D eigenvalue weighted by atomic mass is 32.2. The Kier molecular flexibility index (Phi) is 6.05. The van der Waals surface area contributed by atoms with Gasteiger partial charge in [-0.3, -0.25) is 9.78 Å². The molecule has 4 heterocycles. The molecule has 0 fully saturated rings. The van der Waals surface area contributed by atoms with Crippen molar-refractivity contribution in [2.45, 2.75) is 31.2 Å². The lowest BCUT2D eigenvalue weighted by atomic mass is 10.1. The number of rotatable bonds is 7. The highest BCUT2D eigenvalue weighted by Gasteiger charge is 2.28. The second-order valence-corrected chi connectivity index (χ2v) is 9.40. The fourth-order valence-electron chi connectivity index (χ4n) is 3.72. The summed E-state index contributed by atoms with van der Waals surface area (Å²) in [5, 5.41) is 17.0. The van der Waals surface area contributed by atoms with Crippen LogP contribution in [0.1, 0.15) is 34.1 Å². The highest BCUT2D eigenvalue weighted by molar-refractivity contribution is 7.99. The fraction of sp³-hybridized carbons (Fsp3) is 0.273. The van der Waals surface area contributed by atoms with Crippen LogP contribution in [0, 0.1) is 0 Å². The Morgan fingerprint density at radius 2 is 2.12 bits per heavy atom. The Morgan fingerprint density at radius 3 is 2.94 bits per heavy atom. The summed E-state index contributed by atoms with van der Waals surface area (Å²) in [6, 6.07) is 9.14. The number of hydrogen-bond acceptors (Lipinski definition) is 9. The number of ether oxygens (including phenoxy) is 1. The van der Waals surface area contributed by atoms with Crippen LogP contribution in [0.5, 0.6) is 0 Å². The minimum Gasteiger partial charge on any atom is -0.462 e. The summed E-state index contributed by atoms with van der Waals surface area (Å²) in [5.74, 6) is 0.0945. The number of esters is 1. The van der Waals surface area contributed by atoms with Gasteiger partial charge in [-0.2, -0.15) is 9.61 Å². The van der Waals surface area contributed by atoms with E-state index in [0.29, 0.717) is 39.4 Å². The van der Waals surface area contributed by atoms with E-state index in [4.69, 9.17) is 4.74 Å². The smallest absolute Gasteiger partial charge is 0.341 e. The minimum absolute atomic E-state index is 0.143. The molecule has 0 saturated carbocycles. The molecule has 0 aliphatic heterocycles. The first-order valence-corrected chi connectivity index (χ1v) is 12.3. The lowest BCUT2D eigenvalue weighted by Crippen LogP contribution is -2.17. The number of fused-ring (bicyclic) bond motifs is 2. The van der Waals surface area contributed by atoms with Crippen molar-refractivity contribution in [3.63, 3.8) is 0 Å². The van der Waals surface area contributed by atoms with E-state index in [1.54, 1.807) is 29.8 Å². The lowest BCUT2D eigenvalue weighted by Gasteiger charge is -2.08. The molecule has 4 aromatic heterocycles. The van der Waals surface area contributed by atoms with Crippen molar-refractivity contribution >= 4 is 45.6 Å². The molecule has 168 valence electrons. The van der Waals surface area contributed by atoms with Crippen molar-refractivity contribution in [1.29, 1.82) is 0 Å². The van der Waals surface area contributed by atoms with Gasteiger partial charge in [0.25, 0.3) is 0 Å². The van der Waals surface area contributed by atoms with Crippen LogP contribution in [-0.4, -0.2) is 49.0 Å². The molecule has 9 nitrogen and oxygen atoms in total. The fourth-order valence-corrected chi connectivity index (χ4v) is 5.67. The second kappa shape index (κ2) is 9.28. The number of thiophene rings is 1. The predicted molar refractivity (Wildman–Crippen MR) is 126 cm³/mol. The number of nitrogens with one attached hydrogen (secondary N) is 1. The van der Waals surface area contributed by atoms with Gasteiger partial charge in [0.1, 0.15) is 15.7 Å². The van der Waals surface area contributed by atoms with E-state index in [9.17, 15) is 9.59 Å². The number of nitrogens with zero attached hydrogens (tertiary/aromatic N) is 5. The largest absolute Gasteiger partial charge is 0.462 e. The van der Waals surface area contributed by atoms with E-state index in [1.807, 2.05) is 18.2 Å². The molecule has 1 aliphatic carbocycles. The van der Waals surface area contributed by atoms with Gasteiger partial charge in [-0.25, -0.2) is 4.79 Å². The maximum absolute atomic E-state index is 12.7. The minimum atomic E-state index is -0.373. The number of aryl methyl sites for hydroxylation is 1. The SMILES string of the molecule is CCOC(=O)c1c(NC(=O)CSc2ccc3nnc(-c4ccccn4)n3n2)sc2c1CCC2. The molecule has 0 bridgehead atoms. The zero-order chi connectivity index (χ0) is 22.8. The van der Waals surface area contributed by atoms with Crippen molar-refractivity contribution in [2.75, 3.05) is 17.7 Å². The number of hydrogen-bond donors (Lipinski definition) is 1. The predicted octanol–water partition coefficient (Wildman–Crippen LogP) is 3.64. The standard InChI is InChI=1S/C22H20N6O3S2/c1-2-31-22(30)19-13-6-5-8-15(13)33-21(19)24-17(29)12-32-18-10-9-16-25-26-20(28(16)27-18)14-7-3-4-11-23-14/h3-4,7,9-11H,2,5-6,8,12H2,1H3,(H,24,29). The molecule has 33 heavy (non-hydrogen) atoms. The first-order chi connectivity index (χ1) is 16.1. The Morgan fingerprint density at radius 1 is 1.21 bits per heavy atom. The third-order valence-corrected chi connectivity index (χ3v) is 7.26. The van der Waals surface area contributed by atoms with Gasteiger partial charge in [0.05, 0.1) is 17.9 Å². The summed E-state index contributed by atoms with van der Waals surface area (Å²) in [6.45, 7) is 2.07. The van der Waals surface area contributed by atoms with E-state index < -0.39 is 0 Å². The summed E-state index contributed by atoms with van der Waals surface area (Å²) in [5.41, 5.74) is 2.78. The maximum Gasteiger partial charge on any atom is 0.341 e. The van der Waals surface area contributed by atoms with Crippen LogP contribution in [0.3, 0.4) is 0 Å². The third-order valence-electron chi connectivity index (χ3n) is 5.14. The number of carbonyl (C=O) groups excluding carboxylic acids is 2. The topological polar surface area (TPSA) is 111 Å². The van der Waals surface area contributed by atoms with E-state index in [1.165, 1.54) is 23.1 Å². The molecule has 0 spiro atoms. The average molecular weight is 481 g/mol. The molecule has 0 unspecified atom stereocenters. The van der Waals surface area contributed by atoms with Gasteiger partial charge in [0, 0.05) is 11.1 Å². The number of amides is 1. The number of thioether (sulfide) groups is 1. The molecule has 1 amide bonds. The second-order valence-electron chi connectivity index (χ2n) is 7.30. The molecular weight excluding hydrogens is 460 g/mol. The average Bonchev–Trinajstić information content (AvgIpc) is 3.52. The van der Waals surface area contributed by atoms with Crippen molar-refractivity contribution in [3.8, 4) is 11.5 Å². The van der Waals surface area contributed by atoms with Crippen LogP contribution in [0.2, 0.25) is 0 Å². The molecular formula is C22H20N6O3S2. The van der Waals surface area contributed by atoms with Crippen molar-refractivity contribution < 1.29 is 14.3 Å². The molecule has 0 radical (unpaired) electrons. The molecule has 0 atom stereocenters. The van der Waals surface area contributed by atoms with Gasteiger partial charge in [0.15, 0.2) is 5.65 Å². The van der Waals surface area contributed by atoms with E-state index in [0.717, 1.165) is 29.7 Å². The summed E-state index contributed by atoms with van der Waals surface area (Å²) < 4.78 is 6.84. The number of carbonyl (C=O) groups is 2. The van der Waals surface area contributed by atoms with Gasteiger partial charge < -0.3 is 10.1 Å².